The van der Waals surface area contributed by atoms with Crippen molar-refractivity contribution in [3.63, 3.8) is 0 Å². The van der Waals surface area contributed by atoms with Crippen LogP contribution in [0.15, 0.2) is 24.8 Å². The van der Waals surface area contributed by atoms with Crippen LogP contribution in [-0.2, 0) is 9.53 Å². The van der Waals surface area contributed by atoms with Crippen LogP contribution in [0.5, 0.6) is 0 Å². The second kappa shape index (κ2) is 4.23. The molecule has 3 heteroatoms. The fraction of sp³-hybridized carbons (Fsp3) is 0.500. The summed E-state index contributed by atoms with van der Waals surface area (Å²) in [7, 11) is 0. The van der Waals surface area contributed by atoms with Gasteiger partial charge in [0, 0.05) is 11.6 Å². The standard InChI is InChI=1S/C10H17NO2/c1-6-10(4,5)13-9(12)7(2)8(3)11/h6,8H,1-2,11H2,3-5H3. The second-order valence-corrected chi connectivity index (χ2v) is 3.51. The van der Waals surface area contributed by atoms with Gasteiger partial charge in [-0.2, -0.15) is 0 Å². The van der Waals surface area contributed by atoms with E-state index in [-0.39, 0.29) is 11.6 Å². The fourth-order valence-electron chi connectivity index (χ4n) is 0.532. The summed E-state index contributed by atoms with van der Waals surface area (Å²) in [6.07, 6.45) is 1.55. The number of rotatable bonds is 4. The molecule has 0 bridgehead atoms. The minimum absolute atomic E-state index is 0.273. The molecule has 0 aromatic carbocycles. The van der Waals surface area contributed by atoms with Crippen molar-refractivity contribution in [3.05, 3.63) is 24.8 Å². The van der Waals surface area contributed by atoms with Gasteiger partial charge in [-0.1, -0.05) is 13.2 Å². The zero-order valence-electron chi connectivity index (χ0n) is 8.46. The topological polar surface area (TPSA) is 52.3 Å². The monoisotopic (exact) mass is 183 g/mol. The average Bonchev–Trinajstić information content (AvgIpc) is 2.02. The highest BCUT2D eigenvalue weighted by Gasteiger charge is 2.21. The molecule has 0 aliphatic rings. The molecule has 0 fully saturated rings. The molecule has 0 saturated heterocycles. The van der Waals surface area contributed by atoms with Crippen molar-refractivity contribution >= 4 is 5.97 Å². The Balaban J connectivity index is 4.32. The van der Waals surface area contributed by atoms with Crippen LogP contribution >= 0.6 is 0 Å². The van der Waals surface area contributed by atoms with Gasteiger partial charge in [-0.15, -0.1) is 0 Å². The van der Waals surface area contributed by atoms with Gasteiger partial charge < -0.3 is 10.5 Å². The first kappa shape index (κ1) is 11.9. The highest BCUT2D eigenvalue weighted by Crippen LogP contribution is 2.13. The van der Waals surface area contributed by atoms with Gasteiger partial charge >= 0.3 is 5.97 Å². The van der Waals surface area contributed by atoms with E-state index in [0.29, 0.717) is 0 Å². The van der Waals surface area contributed by atoms with Crippen molar-refractivity contribution in [2.24, 2.45) is 5.73 Å². The number of carbonyl (C=O) groups is 1. The molecule has 0 heterocycles. The minimum Gasteiger partial charge on any atom is -0.452 e. The first-order chi connectivity index (χ1) is 5.80. The van der Waals surface area contributed by atoms with Crippen LogP contribution in [0.1, 0.15) is 20.8 Å². The van der Waals surface area contributed by atoms with Crippen LogP contribution < -0.4 is 5.73 Å². The molecular weight excluding hydrogens is 166 g/mol. The van der Waals surface area contributed by atoms with Crippen LogP contribution in [0.3, 0.4) is 0 Å². The number of ether oxygens (including phenoxy) is 1. The molecule has 0 saturated carbocycles. The van der Waals surface area contributed by atoms with Crippen molar-refractivity contribution in [1.82, 2.24) is 0 Å². The highest BCUT2D eigenvalue weighted by molar-refractivity contribution is 5.89. The van der Waals surface area contributed by atoms with Gasteiger partial charge in [0.1, 0.15) is 5.60 Å². The average molecular weight is 183 g/mol. The zero-order valence-corrected chi connectivity index (χ0v) is 8.46. The molecule has 0 aliphatic carbocycles. The lowest BCUT2D eigenvalue weighted by molar-refractivity contribution is -0.147. The van der Waals surface area contributed by atoms with Crippen molar-refractivity contribution in [1.29, 1.82) is 0 Å². The largest absolute Gasteiger partial charge is 0.452 e. The zero-order chi connectivity index (χ0) is 10.6. The van der Waals surface area contributed by atoms with Crippen molar-refractivity contribution < 1.29 is 9.53 Å². The lowest BCUT2D eigenvalue weighted by Crippen LogP contribution is -2.31. The van der Waals surface area contributed by atoms with Crippen molar-refractivity contribution in [2.45, 2.75) is 32.4 Å². The van der Waals surface area contributed by atoms with E-state index < -0.39 is 11.6 Å². The van der Waals surface area contributed by atoms with E-state index in [9.17, 15) is 4.79 Å². The third kappa shape index (κ3) is 3.90. The van der Waals surface area contributed by atoms with E-state index in [1.54, 1.807) is 26.8 Å². The molecule has 2 N–H and O–H groups in total. The van der Waals surface area contributed by atoms with E-state index in [1.807, 2.05) is 0 Å². The van der Waals surface area contributed by atoms with Crippen LogP contribution in [0.2, 0.25) is 0 Å². The quantitative estimate of drug-likeness (QED) is 0.407. The SMILES string of the molecule is C=CC(C)(C)OC(=O)C(=C)C(C)N. The van der Waals surface area contributed by atoms with E-state index in [1.165, 1.54) is 0 Å². The summed E-state index contributed by atoms with van der Waals surface area (Å²) in [6.45, 7) is 12.3. The Bertz CT molecular complexity index is 229. The van der Waals surface area contributed by atoms with Gasteiger partial charge in [-0.25, -0.2) is 4.79 Å². The maximum Gasteiger partial charge on any atom is 0.335 e. The summed E-state index contributed by atoms with van der Waals surface area (Å²) in [5.41, 5.74) is 5.07. The highest BCUT2D eigenvalue weighted by atomic mass is 16.6. The third-order valence-electron chi connectivity index (χ3n) is 1.66. The predicted molar refractivity (Wildman–Crippen MR) is 53.2 cm³/mol. The minimum atomic E-state index is -0.672. The molecule has 0 aromatic rings. The first-order valence-corrected chi connectivity index (χ1v) is 4.11. The van der Waals surface area contributed by atoms with Crippen LogP contribution in [-0.4, -0.2) is 17.6 Å². The molecule has 0 radical (unpaired) electrons. The van der Waals surface area contributed by atoms with Crippen LogP contribution in [0.4, 0.5) is 0 Å². The maximum atomic E-state index is 11.3. The summed E-state index contributed by atoms with van der Waals surface area (Å²) >= 11 is 0. The Morgan fingerprint density at radius 3 is 2.38 bits per heavy atom. The molecule has 0 spiro atoms. The predicted octanol–water partition coefficient (Wildman–Crippen LogP) is 1.40. The van der Waals surface area contributed by atoms with E-state index in [2.05, 4.69) is 13.2 Å². The summed E-state index contributed by atoms with van der Waals surface area (Å²) < 4.78 is 5.07. The van der Waals surface area contributed by atoms with Gasteiger partial charge in [0.2, 0.25) is 0 Å². The van der Waals surface area contributed by atoms with Crippen molar-refractivity contribution in [2.75, 3.05) is 0 Å². The van der Waals surface area contributed by atoms with Gasteiger partial charge in [0.05, 0.1) is 0 Å². The molecule has 74 valence electrons. The molecule has 0 aromatic heterocycles. The number of hydrogen-bond acceptors (Lipinski definition) is 3. The number of carbonyl (C=O) groups excluding carboxylic acids is 1. The summed E-state index contributed by atoms with van der Waals surface area (Å²) in [5.74, 6) is -0.472. The van der Waals surface area contributed by atoms with E-state index >= 15 is 0 Å². The molecule has 3 nitrogen and oxygen atoms in total. The van der Waals surface area contributed by atoms with Gasteiger partial charge in [0.25, 0.3) is 0 Å². The fourth-order valence-corrected chi connectivity index (χ4v) is 0.532. The normalized spacial score (nSPS) is 13.2. The second-order valence-electron chi connectivity index (χ2n) is 3.51. The molecular formula is C10H17NO2. The van der Waals surface area contributed by atoms with Gasteiger partial charge in [-0.3, -0.25) is 0 Å². The first-order valence-electron chi connectivity index (χ1n) is 4.11. The van der Waals surface area contributed by atoms with Crippen molar-refractivity contribution in [3.8, 4) is 0 Å². The van der Waals surface area contributed by atoms with Crippen LogP contribution in [0, 0.1) is 0 Å². The Labute approximate surface area is 79.3 Å². The summed E-state index contributed by atoms with van der Waals surface area (Å²) in [6, 6.07) is -0.381. The Hall–Kier alpha value is -1.09. The Morgan fingerprint density at radius 2 is 2.08 bits per heavy atom. The van der Waals surface area contributed by atoms with Gasteiger partial charge in [-0.05, 0) is 26.8 Å². The van der Waals surface area contributed by atoms with Crippen LogP contribution in [0.25, 0.3) is 0 Å². The summed E-state index contributed by atoms with van der Waals surface area (Å²) in [5, 5.41) is 0. The molecule has 1 unspecified atom stereocenters. The number of hydrogen-bond donors (Lipinski definition) is 1. The molecule has 0 aliphatic heterocycles. The maximum absolute atomic E-state index is 11.3. The van der Waals surface area contributed by atoms with Gasteiger partial charge in [0.15, 0.2) is 0 Å². The third-order valence-corrected chi connectivity index (χ3v) is 1.66. The molecule has 1 atom stereocenters. The summed E-state index contributed by atoms with van der Waals surface area (Å²) in [4.78, 5) is 11.3. The van der Waals surface area contributed by atoms with E-state index in [4.69, 9.17) is 10.5 Å². The number of nitrogens with two attached hydrogens (primary N) is 1. The smallest absolute Gasteiger partial charge is 0.335 e. The Kier molecular flexibility index (Phi) is 3.88. The van der Waals surface area contributed by atoms with E-state index in [0.717, 1.165) is 0 Å². The lowest BCUT2D eigenvalue weighted by atomic mass is 10.1. The lowest BCUT2D eigenvalue weighted by Gasteiger charge is -2.22. The molecule has 13 heavy (non-hydrogen) atoms. The molecule has 0 amide bonds. The molecule has 0 rings (SSSR count). The Morgan fingerprint density at radius 1 is 1.62 bits per heavy atom. The number of esters is 1.